The lowest BCUT2D eigenvalue weighted by Gasteiger charge is -2.05. The summed E-state index contributed by atoms with van der Waals surface area (Å²) in [5.74, 6) is -0.636. The quantitative estimate of drug-likeness (QED) is 0.664. The van der Waals surface area contributed by atoms with Gasteiger partial charge in [0.05, 0.1) is 0 Å². The molecule has 7 nitrogen and oxygen atoms in total. The molecule has 1 atom stereocenters. The molecule has 1 aromatic rings. The standard InChI is InChI=1S/C11H14N2O5/c14-8(11(16)17)3-4-12-10(15)7-5-9(18-13-7)6-1-2-6/h5-6,8,14H,1-4H2,(H,12,15)(H,16,17). The lowest BCUT2D eigenvalue weighted by atomic mass is 10.2. The average Bonchev–Trinajstić information content (AvgIpc) is 3.06. The fourth-order valence-electron chi connectivity index (χ4n) is 1.49. The minimum Gasteiger partial charge on any atom is -0.479 e. The molecule has 0 aliphatic heterocycles. The van der Waals surface area contributed by atoms with Crippen molar-refractivity contribution in [2.24, 2.45) is 0 Å². The summed E-state index contributed by atoms with van der Waals surface area (Å²) in [6.07, 6.45) is 0.598. The number of hydrogen-bond acceptors (Lipinski definition) is 5. The van der Waals surface area contributed by atoms with Gasteiger partial charge in [-0.2, -0.15) is 0 Å². The molecular weight excluding hydrogens is 240 g/mol. The van der Waals surface area contributed by atoms with Gasteiger partial charge in [-0.05, 0) is 12.8 Å². The smallest absolute Gasteiger partial charge is 0.332 e. The lowest BCUT2D eigenvalue weighted by molar-refractivity contribution is -0.146. The number of aromatic nitrogens is 1. The van der Waals surface area contributed by atoms with E-state index in [1.807, 2.05) is 0 Å². The highest BCUT2D eigenvalue weighted by atomic mass is 16.5. The minimum atomic E-state index is -1.47. The van der Waals surface area contributed by atoms with E-state index >= 15 is 0 Å². The van der Waals surface area contributed by atoms with Crippen LogP contribution in [0.25, 0.3) is 0 Å². The number of aliphatic carboxylic acids is 1. The Balaban J connectivity index is 1.78. The third-order valence-electron chi connectivity index (χ3n) is 2.73. The molecule has 1 heterocycles. The third kappa shape index (κ3) is 3.07. The van der Waals surface area contributed by atoms with Crippen LogP contribution in [0.1, 0.15) is 41.4 Å². The molecule has 0 bridgehead atoms. The van der Waals surface area contributed by atoms with Gasteiger partial charge in [0.2, 0.25) is 0 Å². The summed E-state index contributed by atoms with van der Waals surface area (Å²) < 4.78 is 5.02. The van der Waals surface area contributed by atoms with Crippen LogP contribution in [-0.4, -0.2) is 39.9 Å². The van der Waals surface area contributed by atoms with Gasteiger partial charge >= 0.3 is 5.97 Å². The van der Waals surface area contributed by atoms with Crippen LogP contribution in [-0.2, 0) is 4.79 Å². The normalized spacial score (nSPS) is 16.3. The van der Waals surface area contributed by atoms with Crippen LogP contribution in [0.4, 0.5) is 0 Å². The molecule has 0 aromatic carbocycles. The Hall–Kier alpha value is -1.89. The first-order valence-corrected chi connectivity index (χ1v) is 5.73. The SMILES string of the molecule is O=C(NCCC(O)C(=O)O)c1cc(C2CC2)on1. The van der Waals surface area contributed by atoms with Crippen molar-refractivity contribution in [3.63, 3.8) is 0 Å². The van der Waals surface area contributed by atoms with E-state index < -0.39 is 18.0 Å². The van der Waals surface area contributed by atoms with E-state index in [0.29, 0.717) is 11.7 Å². The predicted molar refractivity (Wildman–Crippen MR) is 59.1 cm³/mol. The molecule has 18 heavy (non-hydrogen) atoms. The van der Waals surface area contributed by atoms with Crippen LogP contribution in [0.2, 0.25) is 0 Å². The van der Waals surface area contributed by atoms with Crippen LogP contribution >= 0.6 is 0 Å². The third-order valence-corrected chi connectivity index (χ3v) is 2.73. The van der Waals surface area contributed by atoms with Crippen LogP contribution < -0.4 is 5.32 Å². The molecule has 2 rings (SSSR count). The summed E-state index contributed by atoms with van der Waals surface area (Å²) in [6.45, 7) is 0.0674. The van der Waals surface area contributed by atoms with Gasteiger partial charge in [-0.25, -0.2) is 4.79 Å². The Labute approximate surface area is 103 Å². The molecule has 1 aromatic heterocycles. The van der Waals surface area contributed by atoms with Crippen molar-refractivity contribution >= 4 is 11.9 Å². The average molecular weight is 254 g/mol. The highest BCUT2D eigenvalue weighted by Crippen LogP contribution is 2.40. The van der Waals surface area contributed by atoms with Gasteiger partial charge in [0.25, 0.3) is 5.91 Å². The maximum absolute atomic E-state index is 11.6. The zero-order chi connectivity index (χ0) is 13.1. The number of amides is 1. The molecular formula is C11H14N2O5. The van der Waals surface area contributed by atoms with Crippen molar-refractivity contribution in [3.05, 3.63) is 17.5 Å². The van der Waals surface area contributed by atoms with E-state index in [9.17, 15) is 9.59 Å². The number of carbonyl (C=O) groups excluding carboxylic acids is 1. The second-order valence-corrected chi connectivity index (χ2v) is 4.29. The van der Waals surface area contributed by atoms with E-state index in [1.165, 1.54) is 0 Å². The van der Waals surface area contributed by atoms with Crippen molar-refractivity contribution in [1.29, 1.82) is 0 Å². The Bertz CT molecular complexity index is 452. The Kier molecular flexibility index (Phi) is 3.61. The molecule has 0 radical (unpaired) electrons. The number of aliphatic hydroxyl groups is 1. The van der Waals surface area contributed by atoms with Gasteiger partial charge in [0.15, 0.2) is 11.8 Å². The maximum atomic E-state index is 11.6. The van der Waals surface area contributed by atoms with Gasteiger partial charge in [-0.3, -0.25) is 4.79 Å². The number of nitrogens with zero attached hydrogens (tertiary/aromatic N) is 1. The van der Waals surface area contributed by atoms with Crippen LogP contribution in [0.3, 0.4) is 0 Å². The summed E-state index contributed by atoms with van der Waals surface area (Å²) in [4.78, 5) is 21.9. The summed E-state index contributed by atoms with van der Waals surface area (Å²) in [6, 6.07) is 1.60. The van der Waals surface area contributed by atoms with E-state index in [0.717, 1.165) is 12.8 Å². The fraction of sp³-hybridized carbons (Fsp3) is 0.545. The Morgan fingerprint density at radius 2 is 2.28 bits per heavy atom. The number of carbonyl (C=O) groups is 2. The number of nitrogens with one attached hydrogen (secondary N) is 1. The lowest BCUT2D eigenvalue weighted by Crippen LogP contribution is -2.30. The largest absolute Gasteiger partial charge is 0.479 e. The number of carboxylic acid groups (broad SMARTS) is 1. The molecule has 0 saturated heterocycles. The van der Waals surface area contributed by atoms with Crippen molar-refractivity contribution in [2.75, 3.05) is 6.54 Å². The molecule has 1 amide bonds. The Morgan fingerprint density at radius 1 is 1.56 bits per heavy atom. The van der Waals surface area contributed by atoms with Crippen LogP contribution in [0, 0.1) is 0 Å². The highest BCUT2D eigenvalue weighted by Gasteiger charge is 2.28. The Morgan fingerprint density at radius 3 is 2.89 bits per heavy atom. The number of hydrogen-bond donors (Lipinski definition) is 3. The van der Waals surface area contributed by atoms with E-state index in [2.05, 4.69) is 10.5 Å². The van der Waals surface area contributed by atoms with Gasteiger partial charge in [-0.15, -0.1) is 0 Å². The van der Waals surface area contributed by atoms with Gasteiger partial charge in [0.1, 0.15) is 5.76 Å². The molecule has 1 fully saturated rings. The van der Waals surface area contributed by atoms with Crippen molar-refractivity contribution < 1.29 is 24.3 Å². The summed E-state index contributed by atoms with van der Waals surface area (Å²) in [5, 5.41) is 23.6. The monoisotopic (exact) mass is 254 g/mol. The first-order valence-electron chi connectivity index (χ1n) is 5.73. The fourth-order valence-corrected chi connectivity index (χ4v) is 1.49. The van der Waals surface area contributed by atoms with Crippen LogP contribution in [0.5, 0.6) is 0 Å². The molecule has 3 N–H and O–H groups in total. The first kappa shape index (κ1) is 12.6. The number of rotatable bonds is 6. The zero-order valence-electron chi connectivity index (χ0n) is 9.63. The molecule has 1 aliphatic carbocycles. The molecule has 1 unspecified atom stereocenters. The van der Waals surface area contributed by atoms with Crippen molar-refractivity contribution in [2.45, 2.75) is 31.3 Å². The van der Waals surface area contributed by atoms with Gasteiger partial charge in [0, 0.05) is 24.9 Å². The predicted octanol–water partition coefficient (Wildman–Crippen LogP) is 0.117. The number of carboxylic acids is 1. The summed E-state index contributed by atoms with van der Waals surface area (Å²) >= 11 is 0. The van der Waals surface area contributed by atoms with Gasteiger partial charge in [-0.1, -0.05) is 5.16 Å². The maximum Gasteiger partial charge on any atom is 0.332 e. The second kappa shape index (κ2) is 5.18. The van der Waals surface area contributed by atoms with Crippen molar-refractivity contribution in [3.8, 4) is 0 Å². The van der Waals surface area contributed by atoms with Crippen LogP contribution in [0.15, 0.2) is 10.6 Å². The second-order valence-electron chi connectivity index (χ2n) is 4.29. The molecule has 0 spiro atoms. The van der Waals surface area contributed by atoms with E-state index in [-0.39, 0.29) is 18.7 Å². The topological polar surface area (TPSA) is 113 Å². The van der Waals surface area contributed by atoms with E-state index in [4.69, 9.17) is 14.7 Å². The molecule has 1 aliphatic rings. The summed E-state index contributed by atoms with van der Waals surface area (Å²) in [5.41, 5.74) is 0.182. The molecule has 7 heteroatoms. The first-order chi connectivity index (χ1) is 8.58. The van der Waals surface area contributed by atoms with E-state index in [1.54, 1.807) is 6.07 Å². The summed E-state index contributed by atoms with van der Waals surface area (Å²) in [7, 11) is 0. The minimum absolute atomic E-state index is 0.0472. The zero-order valence-corrected chi connectivity index (χ0v) is 9.63. The highest BCUT2D eigenvalue weighted by molar-refractivity contribution is 5.92. The molecule has 1 saturated carbocycles. The van der Waals surface area contributed by atoms with Gasteiger partial charge < -0.3 is 20.1 Å². The number of aliphatic hydroxyl groups excluding tert-OH is 1. The molecule has 98 valence electrons. The van der Waals surface area contributed by atoms with Crippen molar-refractivity contribution in [1.82, 2.24) is 10.5 Å².